The number of fused-ring (bicyclic) bond motifs is 1. The summed E-state index contributed by atoms with van der Waals surface area (Å²) < 4.78 is 6.54. The third kappa shape index (κ3) is 3.79. The Hall–Kier alpha value is -1.68. The van der Waals surface area contributed by atoms with Crippen LogP contribution in [-0.2, 0) is 17.8 Å². The van der Waals surface area contributed by atoms with E-state index in [4.69, 9.17) is 10.5 Å². The number of nitrogens with one attached hydrogen (secondary N) is 1. The number of carbonyl (C=O) groups is 2. The predicted molar refractivity (Wildman–Crippen MR) is 105 cm³/mol. The van der Waals surface area contributed by atoms with E-state index >= 15 is 0 Å². The third-order valence-corrected chi connectivity index (χ3v) is 6.23. The van der Waals surface area contributed by atoms with Crippen LogP contribution in [0.5, 0.6) is 0 Å². The number of hydrogen-bond donors (Lipinski definition) is 3. The number of rotatable bonds is 4. The van der Waals surface area contributed by atoms with Crippen LogP contribution in [0.3, 0.4) is 0 Å². The third-order valence-electron chi connectivity index (χ3n) is 3.77. The van der Waals surface area contributed by atoms with E-state index in [0.717, 1.165) is 19.6 Å². The molecule has 0 saturated heterocycles. The summed E-state index contributed by atoms with van der Waals surface area (Å²) in [6.45, 7) is 0.948. The highest BCUT2D eigenvalue weighted by atomic mass is 32.2. The molecular formula is C16H17N3O3S3. The van der Waals surface area contributed by atoms with E-state index in [0.29, 0.717) is 35.9 Å². The number of thiophene rings is 1. The van der Waals surface area contributed by atoms with Crippen LogP contribution in [0.2, 0.25) is 0 Å². The van der Waals surface area contributed by atoms with Gasteiger partial charge < -0.3 is 15.8 Å². The quantitative estimate of drug-likeness (QED) is 0.546. The van der Waals surface area contributed by atoms with Crippen molar-refractivity contribution in [2.24, 2.45) is 5.73 Å². The minimum Gasteiger partial charge on any atom is -0.376 e. The number of urea groups is 1. The summed E-state index contributed by atoms with van der Waals surface area (Å²) >= 11 is 7.21. The summed E-state index contributed by atoms with van der Waals surface area (Å²) in [5.41, 5.74) is 7.39. The minimum atomic E-state index is -0.564. The van der Waals surface area contributed by atoms with Crippen molar-refractivity contribution in [2.75, 3.05) is 22.5 Å². The van der Waals surface area contributed by atoms with Crippen LogP contribution in [0.15, 0.2) is 29.2 Å². The Labute approximate surface area is 159 Å². The maximum Gasteiger partial charge on any atom is 0.337 e. The highest BCUT2D eigenvalue weighted by Gasteiger charge is 2.28. The molecule has 1 aromatic carbocycles. The van der Waals surface area contributed by atoms with E-state index in [2.05, 4.69) is 18.1 Å². The van der Waals surface area contributed by atoms with Crippen molar-refractivity contribution in [3.8, 4) is 0 Å². The molecule has 132 valence electrons. The lowest BCUT2D eigenvalue weighted by Crippen LogP contribution is -2.28. The number of primary amides is 1. The molecule has 0 unspecified atom stereocenters. The highest BCUT2D eigenvalue weighted by molar-refractivity contribution is 7.98. The lowest BCUT2D eigenvalue weighted by molar-refractivity contribution is 0.0991. The maximum absolute atomic E-state index is 12.5. The van der Waals surface area contributed by atoms with Gasteiger partial charge in [-0.1, -0.05) is 12.8 Å². The zero-order valence-electron chi connectivity index (χ0n) is 13.4. The maximum atomic E-state index is 12.5. The van der Waals surface area contributed by atoms with Crippen LogP contribution in [0.4, 0.5) is 15.5 Å². The molecule has 9 heteroatoms. The van der Waals surface area contributed by atoms with Crippen molar-refractivity contribution in [3.63, 3.8) is 0 Å². The number of thioether (sulfide) groups is 1. The Kier molecular flexibility index (Phi) is 5.57. The number of hydrogen-bond acceptors (Lipinski definition) is 6. The number of amides is 3. The Bertz CT molecular complexity index is 805. The van der Waals surface area contributed by atoms with E-state index in [-0.39, 0.29) is 0 Å². The van der Waals surface area contributed by atoms with Crippen molar-refractivity contribution < 1.29 is 14.3 Å². The van der Waals surface area contributed by atoms with Gasteiger partial charge in [-0.05, 0) is 42.5 Å². The van der Waals surface area contributed by atoms with Gasteiger partial charge in [-0.3, -0.25) is 4.79 Å². The van der Waals surface area contributed by atoms with Gasteiger partial charge in [0, 0.05) is 15.5 Å². The van der Waals surface area contributed by atoms with Gasteiger partial charge >= 0.3 is 6.03 Å². The van der Waals surface area contributed by atoms with Crippen molar-refractivity contribution in [2.45, 2.75) is 17.9 Å². The first-order valence-electron chi connectivity index (χ1n) is 7.47. The predicted octanol–water partition coefficient (Wildman–Crippen LogP) is 3.52. The molecule has 0 aliphatic carbocycles. The topological polar surface area (TPSA) is 84.7 Å². The second-order valence-corrected chi connectivity index (χ2v) is 7.68. The fourth-order valence-electron chi connectivity index (χ4n) is 2.56. The van der Waals surface area contributed by atoms with Crippen LogP contribution in [0.1, 0.15) is 20.8 Å². The molecule has 2 heterocycles. The van der Waals surface area contributed by atoms with Crippen molar-refractivity contribution in [1.29, 1.82) is 0 Å². The van der Waals surface area contributed by atoms with Crippen LogP contribution in [-0.4, -0.2) is 24.8 Å². The number of thiol groups is 1. The SMILES string of the molecule is CSc1ccc(NC(=O)N(S)c2sc3c(c2C(N)=O)CCOC3)cc1. The smallest absolute Gasteiger partial charge is 0.337 e. The monoisotopic (exact) mass is 395 g/mol. The van der Waals surface area contributed by atoms with E-state index in [1.165, 1.54) is 11.3 Å². The first kappa shape index (κ1) is 18.1. The molecule has 1 aliphatic rings. The summed E-state index contributed by atoms with van der Waals surface area (Å²) in [7, 11) is 0. The molecule has 2 aromatic rings. The first-order valence-corrected chi connectivity index (χ1v) is 9.91. The van der Waals surface area contributed by atoms with Gasteiger partial charge in [-0.25, -0.2) is 9.10 Å². The number of nitrogens with zero attached hydrogens (tertiary/aromatic N) is 1. The van der Waals surface area contributed by atoms with E-state index < -0.39 is 11.9 Å². The normalized spacial score (nSPS) is 13.2. The van der Waals surface area contributed by atoms with Gasteiger partial charge in [0.2, 0.25) is 0 Å². The highest BCUT2D eigenvalue weighted by Crippen LogP contribution is 2.39. The Balaban J connectivity index is 1.84. The summed E-state index contributed by atoms with van der Waals surface area (Å²) in [5, 5.41) is 3.18. The Morgan fingerprint density at radius 2 is 2.08 bits per heavy atom. The fourth-order valence-corrected chi connectivity index (χ4v) is 4.44. The average Bonchev–Trinajstić information content (AvgIpc) is 3.01. The minimum absolute atomic E-state index is 0.353. The number of benzene rings is 1. The van der Waals surface area contributed by atoms with Gasteiger partial charge in [0.1, 0.15) is 5.00 Å². The van der Waals surface area contributed by atoms with Crippen LogP contribution in [0.25, 0.3) is 0 Å². The van der Waals surface area contributed by atoms with Gasteiger partial charge in [-0.15, -0.1) is 23.1 Å². The molecule has 0 radical (unpaired) electrons. The molecular weight excluding hydrogens is 378 g/mol. The molecule has 3 N–H and O–H groups in total. The number of carbonyl (C=O) groups excluding carboxylic acids is 2. The Morgan fingerprint density at radius 3 is 2.72 bits per heavy atom. The molecule has 25 heavy (non-hydrogen) atoms. The molecule has 0 bridgehead atoms. The molecule has 0 fully saturated rings. The summed E-state index contributed by atoms with van der Waals surface area (Å²) in [6.07, 6.45) is 2.58. The molecule has 1 aliphatic heterocycles. The number of ether oxygens (including phenoxy) is 1. The summed E-state index contributed by atoms with van der Waals surface area (Å²) in [6, 6.07) is 7.00. The first-order chi connectivity index (χ1) is 12.0. The van der Waals surface area contributed by atoms with Crippen molar-refractivity contribution in [3.05, 3.63) is 40.3 Å². The molecule has 3 amide bonds. The molecule has 0 atom stereocenters. The van der Waals surface area contributed by atoms with Crippen LogP contribution in [0, 0.1) is 0 Å². The van der Waals surface area contributed by atoms with Crippen LogP contribution < -0.4 is 15.4 Å². The molecule has 1 aromatic heterocycles. The van der Waals surface area contributed by atoms with Crippen molar-refractivity contribution >= 4 is 58.5 Å². The van der Waals surface area contributed by atoms with Crippen molar-refractivity contribution in [1.82, 2.24) is 0 Å². The summed E-state index contributed by atoms with van der Waals surface area (Å²) in [5.74, 6) is -0.564. The zero-order chi connectivity index (χ0) is 18.0. The lowest BCUT2D eigenvalue weighted by Gasteiger charge is -2.16. The Morgan fingerprint density at radius 1 is 1.36 bits per heavy atom. The van der Waals surface area contributed by atoms with Gasteiger partial charge in [0.05, 0.1) is 18.8 Å². The van der Waals surface area contributed by atoms with Crippen LogP contribution >= 0.6 is 35.9 Å². The van der Waals surface area contributed by atoms with E-state index in [1.807, 2.05) is 30.5 Å². The van der Waals surface area contributed by atoms with E-state index in [1.54, 1.807) is 11.8 Å². The van der Waals surface area contributed by atoms with Gasteiger partial charge in [-0.2, -0.15) is 0 Å². The molecule has 0 saturated carbocycles. The fraction of sp³-hybridized carbons (Fsp3) is 0.250. The lowest BCUT2D eigenvalue weighted by atomic mass is 10.1. The van der Waals surface area contributed by atoms with Gasteiger partial charge in [0.25, 0.3) is 5.91 Å². The summed E-state index contributed by atoms with van der Waals surface area (Å²) in [4.78, 5) is 26.4. The largest absolute Gasteiger partial charge is 0.376 e. The average molecular weight is 396 g/mol. The number of anilines is 2. The second kappa shape index (κ2) is 7.69. The molecule has 3 rings (SSSR count). The number of nitrogens with two attached hydrogens (primary N) is 1. The second-order valence-electron chi connectivity index (χ2n) is 5.32. The molecule has 6 nitrogen and oxygen atoms in total. The van der Waals surface area contributed by atoms with Gasteiger partial charge in [0.15, 0.2) is 0 Å². The molecule has 0 spiro atoms. The standard InChI is InChI=1S/C16H17N3O3S3/c1-24-10-4-2-9(3-5-10)18-16(21)19(23)15-13(14(17)20)11-6-7-22-8-12(11)25-15/h2-5,23H,6-8H2,1H3,(H2,17,20)(H,18,21). The zero-order valence-corrected chi connectivity index (χ0v) is 16.0. The van der Waals surface area contributed by atoms with E-state index in [9.17, 15) is 9.59 Å².